The summed E-state index contributed by atoms with van der Waals surface area (Å²) in [6, 6.07) is 5.11. The number of benzene rings is 1. The van der Waals surface area contributed by atoms with Crippen LogP contribution < -0.4 is 11.1 Å². The number of phenols is 1. The summed E-state index contributed by atoms with van der Waals surface area (Å²) >= 11 is 0. The van der Waals surface area contributed by atoms with Crippen LogP contribution >= 0.6 is 0 Å². The van der Waals surface area contributed by atoms with Gasteiger partial charge in [-0.05, 0) is 37.1 Å². The zero-order valence-electron chi connectivity index (χ0n) is 10.4. The van der Waals surface area contributed by atoms with Gasteiger partial charge in [0.05, 0.1) is 5.69 Å². The molecule has 1 unspecified atom stereocenters. The van der Waals surface area contributed by atoms with Crippen LogP contribution in [0.4, 0.5) is 5.69 Å². The summed E-state index contributed by atoms with van der Waals surface area (Å²) < 4.78 is 0. The van der Waals surface area contributed by atoms with Crippen molar-refractivity contribution in [3.63, 3.8) is 0 Å². The number of amides is 1. The topological polar surface area (TPSA) is 75.4 Å². The fourth-order valence-electron chi connectivity index (χ4n) is 1.61. The second-order valence-corrected chi connectivity index (χ2v) is 4.28. The summed E-state index contributed by atoms with van der Waals surface area (Å²) in [5.41, 5.74) is 7.00. The number of anilines is 1. The van der Waals surface area contributed by atoms with Gasteiger partial charge in [-0.2, -0.15) is 0 Å². The van der Waals surface area contributed by atoms with E-state index >= 15 is 0 Å². The van der Waals surface area contributed by atoms with Gasteiger partial charge in [0.25, 0.3) is 0 Å². The first kappa shape index (κ1) is 13.5. The molecule has 4 heteroatoms. The van der Waals surface area contributed by atoms with Gasteiger partial charge in [-0.3, -0.25) is 4.79 Å². The molecule has 0 saturated carbocycles. The fourth-order valence-corrected chi connectivity index (χ4v) is 1.61. The van der Waals surface area contributed by atoms with Crippen molar-refractivity contribution in [3.05, 3.63) is 23.8 Å². The monoisotopic (exact) mass is 236 g/mol. The lowest BCUT2D eigenvalue weighted by atomic mass is 10.0. The molecule has 0 aliphatic carbocycles. The van der Waals surface area contributed by atoms with Crippen LogP contribution in [0.25, 0.3) is 0 Å². The highest BCUT2D eigenvalue weighted by atomic mass is 16.3. The number of hydrogen-bond acceptors (Lipinski definition) is 3. The Bertz CT molecular complexity index is 387. The van der Waals surface area contributed by atoms with Crippen LogP contribution in [-0.4, -0.2) is 17.6 Å². The minimum absolute atomic E-state index is 0.0877. The van der Waals surface area contributed by atoms with E-state index in [1.807, 2.05) is 13.8 Å². The van der Waals surface area contributed by atoms with E-state index in [0.29, 0.717) is 18.7 Å². The first-order chi connectivity index (χ1) is 8.06. The Morgan fingerprint density at radius 1 is 1.53 bits per heavy atom. The normalized spacial score (nSPS) is 12.2. The van der Waals surface area contributed by atoms with Crippen LogP contribution in [0.3, 0.4) is 0 Å². The second kappa shape index (κ2) is 6.25. The van der Waals surface area contributed by atoms with Gasteiger partial charge in [0, 0.05) is 6.42 Å². The molecule has 4 N–H and O–H groups in total. The van der Waals surface area contributed by atoms with E-state index < -0.39 is 0 Å². The van der Waals surface area contributed by atoms with Crippen molar-refractivity contribution in [2.24, 2.45) is 11.7 Å². The van der Waals surface area contributed by atoms with Crippen LogP contribution in [0.1, 0.15) is 25.3 Å². The molecule has 0 radical (unpaired) electrons. The number of hydrogen-bond donors (Lipinski definition) is 3. The highest BCUT2D eigenvalue weighted by molar-refractivity contribution is 5.92. The highest BCUT2D eigenvalue weighted by Crippen LogP contribution is 2.24. The highest BCUT2D eigenvalue weighted by Gasteiger charge is 2.12. The van der Waals surface area contributed by atoms with Crippen LogP contribution in [0.2, 0.25) is 0 Å². The Labute approximate surface area is 102 Å². The molecule has 4 nitrogen and oxygen atoms in total. The molecule has 0 bridgehead atoms. The lowest BCUT2D eigenvalue weighted by Crippen LogP contribution is -2.21. The lowest BCUT2D eigenvalue weighted by Gasteiger charge is -2.13. The zero-order valence-corrected chi connectivity index (χ0v) is 10.4. The number of phenolic OH excluding ortho intramolecular Hbond substituents is 1. The average Bonchev–Trinajstić information content (AvgIpc) is 2.31. The molecular weight excluding hydrogens is 216 g/mol. The van der Waals surface area contributed by atoms with Gasteiger partial charge < -0.3 is 16.2 Å². The molecule has 1 aromatic rings. The van der Waals surface area contributed by atoms with Gasteiger partial charge in [0.1, 0.15) is 5.75 Å². The van der Waals surface area contributed by atoms with Crippen molar-refractivity contribution in [1.82, 2.24) is 0 Å². The molecule has 1 amide bonds. The summed E-state index contributed by atoms with van der Waals surface area (Å²) in [5, 5.41) is 12.3. The molecule has 0 spiro atoms. The number of carbonyl (C=O) groups excluding carboxylic acids is 1. The molecule has 0 aliphatic heterocycles. The van der Waals surface area contributed by atoms with E-state index in [0.717, 1.165) is 12.0 Å². The molecule has 94 valence electrons. The van der Waals surface area contributed by atoms with Crippen LogP contribution in [-0.2, 0) is 4.79 Å². The van der Waals surface area contributed by atoms with Gasteiger partial charge in [-0.25, -0.2) is 0 Å². The van der Waals surface area contributed by atoms with E-state index in [-0.39, 0.29) is 17.6 Å². The summed E-state index contributed by atoms with van der Waals surface area (Å²) in [6.45, 7) is 4.42. The molecule has 17 heavy (non-hydrogen) atoms. The van der Waals surface area contributed by atoms with Crippen molar-refractivity contribution in [2.45, 2.75) is 26.7 Å². The van der Waals surface area contributed by atoms with Crippen molar-refractivity contribution in [1.29, 1.82) is 0 Å². The van der Waals surface area contributed by atoms with Crippen molar-refractivity contribution in [2.75, 3.05) is 11.9 Å². The number of aromatic hydroxyl groups is 1. The maximum atomic E-state index is 11.7. The number of carbonyl (C=O) groups is 1. The van der Waals surface area contributed by atoms with Crippen molar-refractivity contribution >= 4 is 11.6 Å². The molecular formula is C13H20N2O2. The van der Waals surface area contributed by atoms with Gasteiger partial charge >= 0.3 is 0 Å². The summed E-state index contributed by atoms with van der Waals surface area (Å²) in [5.74, 6) is 0.176. The van der Waals surface area contributed by atoms with Gasteiger partial charge in [-0.1, -0.05) is 19.4 Å². The Kier molecular flexibility index (Phi) is 4.97. The predicted octanol–water partition coefficient (Wildman–Crippen LogP) is 2.01. The van der Waals surface area contributed by atoms with Gasteiger partial charge in [0.15, 0.2) is 0 Å². The predicted molar refractivity (Wildman–Crippen MR) is 68.9 cm³/mol. The molecule has 0 aromatic heterocycles. The molecule has 0 aliphatic rings. The molecule has 1 aromatic carbocycles. The summed E-state index contributed by atoms with van der Waals surface area (Å²) in [4.78, 5) is 11.7. The Morgan fingerprint density at radius 2 is 2.24 bits per heavy atom. The van der Waals surface area contributed by atoms with Crippen LogP contribution in [0, 0.1) is 12.8 Å². The van der Waals surface area contributed by atoms with Gasteiger partial charge in [-0.15, -0.1) is 0 Å². The molecule has 1 atom stereocenters. The third-order valence-corrected chi connectivity index (χ3v) is 2.81. The maximum absolute atomic E-state index is 11.7. The third-order valence-electron chi connectivity index (χ3n) is 2.81. The minimum atomic E-state index is -0.108. The standard InChI is InChI=1S/C13H20N2O2/c1-3-10(8-14)7-13(17)15-11-6-9(2)4-5-12(11)16/h4-6,10,16H,3,7-8,14H2,1-2H3,(H,15,17). The zero-order chi connectivity index (χ0) is 12.8. The van der Waals surface area contributed by atoms with E-state index in [4.69, 9.17) is 5.73 Å². The van der Waals surface area contributed by atoms with E-state index in [2.05, 4.69) is 5.32 Å². The number of nitrogens with two attached hydrogens (primary N) is 1. The van der Waals surface area contributed by atoms with E-state index in [1.54, 1.807) is 18.2 Å². The minimum Gasteiger partial charge on any atom is -0.506 e. The third kappa shape index (κ3) is 4.07. The van der Waals surface area contributed by atoms with E-state index in [1.165, 1.54) is 0 Å². The maximum Gasteiger partial charge on any atom is 0.224 e. The van der Waals surface area contributed by atoms with Crippen LogP contribution in [0.15, 0.2) is 18.2 Å². The lowest BCUT2D eigenvalue weighted by molar-refractivity contribution is -0.117. The van der Waals surface area contributed by atoms with E-state index in [9.17, 15) is 9.90 Å². The number of nitrogens with one attached hydrogen (secondary N) is 1. The van der Waals surface area contributed by atoms with Gasteiger partial charge in [0.2, 0.25) is 5.91 Å². The SMILES string of the molecule is CCC(CN)CC(=O)Nc1cc(C)ccc1O. The Hall–Kier alpha value is -1.55. The first-order valence-electron chi connectivity index (χ1n) is 5.86. The average molecular weight is 236 g/mol. The smallest absolute Gasteiger partial charge is 0.224 e. The number of aryl methyl sites for hydroxylation is 1. The Morgan fingerprint density at radius 3 is 2.82 bits per heavy atom. The first-order valence-corrected chi connectivity index (χ1v) is 5.86. The second-order valence-electron chi connectivity index (χ2n) is 4.28. The fraction of sp³-hybridized carbons (Fsp3) is 0.462. The summed E-state index contributed by atoms with van der Waals surface area (Å²) in [7, 11) is 0. The molecule has 0 saturated heterocycles. The largest absolute Gasteiger partial charge is 0.506 e. The van der Waals surface area contributed by atoms with Crippen molar-refractivity contribution < 1.29 is 9.90 Å². The number of rotatable bonds is 5. The molecule has 0 heterocycles. The van der Waals surface area contributed by atoms with Crippen molar-refractivity contribution in [3.8, 4) is 5.75 Å². The molecule has 0 fully saturated rings. The van der Waals surface area contributed by atoms with Crippen LogP contribution in [0.5, 0.6) is 5.75 Å². The summed E-state index contributed by atoms with van der Waals surface area (Å²) in [6.07, 6.45) is 1.27. The quantitative estimate of drug-likeness (QED) is 0.684. The Balaban J connectivity index is 2.64. The molecule has 1 rings (SSSR count).